The van der Waals surface area contributed by atoms with Gasteiger partial charge in [-0.2, -0.15) is 0 Å². The highest BCUT2D eigenvalue weighted by atomic mass is 16.7. The van der Waals surface area contributed by atoms with Crippen LogP contribution in [0.5, 0.6) is 0 Å². The van der Waals surface area contributed by atoms with Gasteiger partial charge in [-0.25, -0.2) is 4.98 Å². The average Bonchev–Trinajstić information content (AvgIpc) is 3.26. The number of rotatable bonds is 3. The largest absolute Gasteiger partial charge is 0.494 e. The van der Waals surface area contributed by atoms with E-state index in [4.69, 9.17) is 13.7 Å². The number of oxazole rings is 1. The van der Waals surface area contributed by atoms with Crippen molar-refractivity contribution in [2.75, 3.05) is 0 Å². The van der Waals surface area contributed by atoms with Crippen LogP contribution in [0.4, 0.5) is 0 Å². The molecule has 1 aliphatic rings. The van der Waals surface area contributed by atoms with E-state index in [2.05, 4.69) is 50.9 Å². The molecule has 1 aliphatic heterocycles. The van der Waals surface area contributed by atoms with Crippen molar-refractivity contribution in [1.29, 1.82) is 0 Å². The monoisotopic (exact) mass is 397 g/mol. The molecular weight excluding hydrogens is 373 g/mol. The second-order valence-corrected chi connectivity index (χ2v) is 8.78. The van der Waals surface area contributed by atoms with Crippen LogP contribution in [0.25, 0.3) is 33.7 Å². The highest BCUT2D eigenvalue weighted by Gasteiger charge is 2.51. The quantitative estimate of drug-likeness (QED) is 0.431. The van der Waals surface area contributed by atoms with E-state index < -0.39 is 0 Å². The first-order valence-corrected chi connectivity index (χ1v) is 10.2. The molecule has 0 amide bonds. The van der Waals surface area contributed by atoms with E-state index in [9.17, 15) is 0 Å². The molecule has 150 valence electrons. The highest BCUT2D eigenvalue weighted by Crippen LogP contribution is 2.37. The second kappa shape index (κ2) is 6.83. The van der Waals surface area contributed by atoms with Crippen molar-refractivity contribution in [3.63, 3.8) is 0 Å². The van der Waals surface area contributed by atoms with Crippen LogP contribution in [0.2, 0.25) is 0 Å². The molecule has 3 aromatic carbocycles. The van der Waals surface area contributed by atoms with Gasteiger partial charge in [0, 0.05) is 5.56 Å². The van der Waals surface area contributed by atoms with Gasteiger partial charge in [0.15, 0.2) is 5.58 Å². The molecule has 1 saturated heterocycles. The molecule has 0 bridgehead atoms. The van der Waals surface area contributed by atoms with E-state index in [1.54, 1.807) is 0 Å². The van der Waals surface area contributed by atoms with Gasteiger partial charge in [0.1, 0.15) is 5.52 Å². The Bertz CT molecular complexity index is 1200. The van der Waals surface area contributed by atoms with Gasteiger partial charge in [-0.15, -0.1) is 0 Å². The molecule has 1 aromatic heterocycles. The third-order valence-corrected chi connectivity index (χ3v) is 6.15. The predicted molar refractivity (Wildman–Crippen MR) is 121 cm³/mol. The maximum atomic E-state index is 6.21. The lowest BCUT2D eigenvalue weighted by atomic mass is 9.78. The van der Waals surface area contributed by atoms with Crippen molar-refractivity contribution in [1.82, 2.24) is 4.98 Å². The molecular formula is C25H24BNO3. The third-order valence-electron chi connectivity index (χ3n) is 6.15. The van der Waals surface area contributed by atoms with Crippen LogP contribution in [0.3, 0.4) is 0 Å². The molecule has 0 saturated carbocycles. The molecule has 30 heavy (non-hydrogen) atoms. The highest BCUT2D eigenvalue weighted by molar-refractivity contribution is 6.62. The summed E-state index contributed by atoms with van der Waals surface area (Å²) in [4.78, 5) is 4.62. The standard InChI is InChI=1S/C25H24BNO3/c1-24(2)25(3,4)30-26(29-24)20-12-8-11-18(15-20)19-13-14-21-22(16-19)28-23(27-21)17-9-6-5-7-10-17/h5-16H,1-4H3. The molecule has 5 rings (SSSR count). The minimum Gasteiger partial charge on any atom is -0.436 e. The van der Waals surface area contributed by atoms with E-state index in [-0.39, 0.29) is 18.3 Å². The summed E-state index contributed by atoms with van der Waals surface area (Å²) in [6.07, 6.45) is 0. The average molecular weight is 397 g/mol. The Morgan fingerprint density at radius 2 is 1.37 bits per heavy atom. The molecule has 4 aromatic rings. The van der Waals surface area contributed by atoms with Crippen LogP contribution in [0.1, 0.15) is 27.7 Å². The van der Waals surface area contributed by atoms with Gasteiger partial charge < -0.3 is 13.7 Å². The zero-order valence-corrected chi connectivity index (χ0v) is 17.7. The molecule has 0 N–H and O–H groups in total. The fraction of sp³-hybridized carbons (Fsp3) is 0.240. The van der Waals surface area contributed by atoms with Crippen molar-refractivity contribution in [3.05, 3.63) is 72.8 Å². The molecule has 2 heterocycles. The third kappa shape index (κ3) is 3.24. The molecule has 0 aliphatic carbocycles. The van der Waals surface area contributed by atoms with Crippen molar-refractivity contribution < 1.29 is 13.7 Å². The minimum absolute atomic E-state index is 0.361. The minimum atomic E-state index is -0.381. The topological polar surface area (TPSA) is 44.5 Å². The zero-order chi connectivity index (χ0) is 20.9. The van der Waals surface area contributed by atoms with Crippen LogP contribution >= 0.6 is 0 Å². The molecule has 0 radical (unpaired) electrons. The normalized spacial score (nSPS) is 17.5. The summed E-state index contributed by atoms with van der Waals surface area (Å²) in [6.45, 7) is 8.27. The molecule has 5 heteroatoms. The maximum Gasteiger partial charge on any atom is 0.494 e. The van der Waals surface area contributed by atoms with Crippen LogP contribution in [0, 0.1) is 0 Å². The Morgan fingerprint density at radius 3 is 2.10 bits per heavy atom. The van der Waals surface area contributed by atoms with E-state index in [0.29, 0.717) is 5.89 Å². The Labute approximate surface area is 177 Å². The molecule has 4 nitrogen and oxygen atoms in total. The van der Waals surface area contributed by atoms with Gasteiger partial charge in [-0.05, 0) is 68.6 Å². The van der Waals surface area contributed by atoms with Crippen LogP contribution in [-0.2, 0) is 9.31 Å². The molecule has 0 unspecified atom stereocenters. The van der Waals surface area contributed by atoms with Crippen molar-refractivity contribution in [3.8, 4) is 22.6 Å². The fourth-order valence-electron chi connectivity index (χ4n) is 3.65. The summed E-state index contributed by atoms with van der Waals surface area (Å²) in [5.74, 6) is 0.633. The number of nitrogens with zero attached hydrogens (tertiary/aromatic N) is 1. The van der Waals surface area contributed by atoms with E-state index >= 15 is 0 Å². The van der Waals surface area contributed by atoms with Gasteiger partial charge in [-0.1, -0.05) is 48.5 Å². The van der Waals surface area contributed by atoms with Crippen molar-refractivity contribution in [2.24, 2.45) is 0 Å². The second-order valence-electron chi connectivity index (χ2n) is 8.78. The lowest BCUT2D eigenvalue weighted by Gasteiger charge is -2.32. The number of fused-ring (bicyclic) bond motifs is 1. The number of hydrogen-bond donors (Lipinski definition) is 0. The van der Waals surface area contributed by atoms with Crippen LogP contribution in [0.15, 0.2) is 77.2 Å². The van der Waals surface area contributed by atoms with Crippen molar-refractivity contribution >= 4 is 23.7 Å². The van der Waals surface area contributed by atoms with Gasteiger partial charge in [0.2, 0.25) is 5.89 Å². The first-order chi connectivity index (χ1) is 14.3. The zero-order valence-electron chi connectivity index (χ0n) is 17.7. The molecule has 0 spiro atoms. The summed E-state index contributed by atoms with van der Waals surface area (Å²) < 4.78 is 18.5. The summed E-state index contributed by atoms with van der Waals surface area (Å²) in [5.41, 5.74) is 5.03. The van der Waals surface area contributed by atoms with Gasteiger partial charge in [0.05, 0.1) is 11.2 Å². The number of hydrogen-bond acceptors (Lipinski definition) is 4. The summed E-state index contributed by atoms with van der Waals surface area (Å²) in [5, 5.41) is 0. The summed E-state index contributed by atoms with van der Waals surface area (Å²) in [6, 6.07) is 24.4. The molecule has 1 fully saturated rings. The Hall–Kier alpha value is -2.89. The predicted octanol–water partition coefficient (Wildman–Crippen LogP) is 5.46. The smallest absolute Gasteiger partial charge is 0.436 e. The summed E-state index contributed by atoms with van der Waals surface area (Å²) >= 11 is 0. The van der Waals surface area contributed by atoms with Crippen LogP contribution in [-0.4, -0.2) is 23.3 Å². The van der Waals surface area contributed by atoms with Gasteiger partial charge >= 0.3 is 7.12 Å². The van der Waals surface area contributed by atoms with E-state index in [1.165, 1.54) is 0 Å². The van der Waals surface area contributed by atoms with E-state index in [0.717, 1.165) is 33.3 Å². The number of benzene rings is 3. The Balaban J connectivity index is 1.48. The Kier molecular flexibility index (Phi) is 4.35. The summed E-state index contributed by atoms with van der Waals surface area (Å²) in [7, 11) is -0.381. The van der Waals surface area contributed by atoms with Gasteiger partial charge in [-0.3, -0.25) is 0 Å². The van der Waals surface area contributed by atoms with Crippen LogP contribution < -0.4 is 5.46 Å². The maximum absolute atomic E-state index is 6.21. The first kappa shape index (κ1) is 19.1. The van der Waals surface area contributed by atoms with Gasteiger partial charge in [0.25, 0.3) is 0 Å². The SMILES string of the molecule is CC1(C)OB(c2cccc(-c3ccc4nc(-c5ccccc5)oc4c3)c2)OC1(C)C. The first-order valence-electron chi connectivity index (χ1n) is 10.2. The molecule has 0 atom stereocenters. The van der Waals surface area contributed by atoms with E-state index in [1.807, 2.05) is 54.6 Å². The Morgan fingerprint density at radius 1 is 0.700 bits per heavy atom. The lowest BCUT2D eigenvalue weighted by molar-refractivity contribution is 0.00578. The number of aromatic nitrogens is 1. The van der Waals surface area contributed by atoms with Crippen molar-refractivity contribution in [2.45, 2.75) is 38.9 Å². The lowest BCUT2D eigenvalue weighted by Crippen LogP contribution is -2.41. The fourth-order valence-corrected chi connectivity index (χ4v) is 3.65.